The maximum atomic E-state index is 13.2. The lowest BCUT2D eigenvalue weighted by molar-refractivity contribution is 0.349. The van der Waals surface area contributed by atoms with Gasteiger partial charge in [0.25, 0.3) is 10.0 Å². The molecule has 2 heterocycles. The number of aromatic nitrogens is 2. The third kappa shape index (κ3) is 3.47. The van der Waals surface area contributed by atoms with Crippen LogP contribution in [0.15, 0.2) is 47.6 Å². The summed E-state index contributed by atoms with van der Waals surface area (Å²) in [5.74, 6) is 0. The fourth-order valence-electron chi connectivity index (χ4n) is 3.11. The van der Waals surface area contributed by atoms with Crippen molar-refractivity contribution in [2.45, 2.75) is 31.3 Å². The van der Waals surface area contributed by atoms with Crippen LogP contribution in [0, 0.1) is 0 Å². The summed E-state index contributed by atoms with van der Waals surface area (Å²) in [4.78, 5) is 2.32. The maximum Gasteiger partial charge on any atom is 0.281 e. The predicted octanol–water partition coefficient (Wildman–Crippen LogP) is 2.19. The van der Waals surface area contributed by atoms with Gasteiger partial charge in [-0.15, -0.1) is 0 Å². The molecule has 0 atom stereocenters. The average Bonchev–Trinajstić information content (AvgIpc) is 3.27. The van der Waals surface area contributed by atoms with E-state index in [1.165, 1.54) is 21.8 Å². The molecule has 1 saturated heterocycles. The third-order valence-electron chi connectivity index (χ3n) is 4.39. The normalized spacial score (nSPS) is 15.7. The number of hydrogen-bond donors (Lipinski definition) is 0. The molecule has 0 aliphatic carbocycles. The molecule has 1 aliphatic heterocycles. The van der Waals surface area contributed by atoms with Crippen LogP contribution in [-0.2, 0) is 16.6 Å². The molecule has 0 amide bonds. The summed E-state index contributed by atoms with van der Waals surface area (Å²) in [5, 5.41) is 4.36. The minimum absolute atomic E-state index is 0.246. The fraction of sp³-hybridized carbons (Fsp3) is 0.471. The molecule has 2 aromatic rings. The molecule has 0 N–H and O–H groups in total. The topological polar surface area (TPSA) is 58.4 Å². The van der Waals surface area contributed by atoms with Crippen LogP contribution >= 0.6 is 0 Å². The van der Waals surface area contributed by atoms with Crippen molar-refractivity contribution in [3.63, 3.8) is 0 Å². The van der Waals surface area contributed by atoms with Gasteiger partial charge in [-0.25, -0.2) is 0 Å². The minimum atomic E-state index is -3.64. The summed E-state index contributed by atoms with van der Waals surface area (Å²) < 4.78 is 29.5. The van der Waals surface area contributed by atoms with Crippen molar-refractivity contribution in [1.29, 1.82) is 0 Å². The zero-order valence-electron chi connectivity index (χ0n) is 14.0. The molecule has 0 unspecified atom stereocenters. The molecule has 7 heteroatoms. The Kier molecular flexibility index (Phi) is 5.20. The number of anilines is 1. The summed E-state index contributed by atoms with van der Waals surface area (Å²) in [6.07, 6.45) is 3.93. The van der Waals surface area contributed by atoms with Gasteiger partial charge in [-0.05, 0) is 51.1 Å². The first-order valence-electron chi connectivity index (χ1n) is 8.45. The molecule has 6 nitrogen and oxygen atoms in total. The molecule has 24 heavy (non-hydrogen) atoms. The van der Waals surface area contributed by atoms with Gasteiger partial charge in [0.05, 0.1) is 11.9 Å². The number of likely N-dealkylation sites (tertiary alicyclic amines) is 1. The Hall–Kier alpha value is -1.86. The van der Waals surface area contributed by atoms with E-state index >= 15 is 0 Å². The number of aryl methyl sites for hydroxylation is 1. The highest BCUT2D eigenvalue weighted by Crippen LogP contribution is 2.23. The highest BCUT2D eigenvalue weighted by Gasteiger charge is 2.28. The van der Waals surface area contributed by atoms with Gasteiger partial charge in [0, 0.05) is 19.6 Å². The number of benzene rings is 1. The molecular weight excluding hydrogens is 324 g/mol. The zero-order chi connectivity index (χ0) is 17.0. The van der Waals surface area contributed by atoms with Crippen molar-refractivity contribution in [2.75, 3.05) is 30.5 Å². The lowest BCUT2D eigenvalue weighted by atomic mass is 10.3. The molecule has 130 valence electrons. The fourth-order valence-corrected chi connectivity index (χ4v) is 4.73. The summed E-state index contributed by atoms with van der Waals surface area (Å²) in [7, 11) is -3.64. The van der Waals surface area contributed by atoms with Gasteiger partial charge in [0.15, 0.2) is 5.03 Å². The monoisotopic (exact) mass is 348 g/mol. The van der Waals surface area contributed by atoms with E-state index < -0.39 is 10.0 Å². The van der Waals surface area contributed by atoms with Crippen molar-refractivity contribution in [3.8, 4) is 0 Å². The number of hydrogen-bond acceptors (Lipinski definition) is 4. The van der Waals surface area contributed by atoms with Crippen molar-refractivity contribution in [3.05, 3.63) is 42.6 Å². The molecule has 0 spiro atoms. The summed E-state index contributed by atoms with van der Waals surface area (Å²) in [5.41, 5.74) is 0.695. The molecule has 0 saturated carbocycles. The van der Waals surface area contributed by atoms with Crippen LogP contribution in [0.2, 0.25) is 0 Å². The second kappa shape index (κ2) is 7.36. The molecule has 0 bridgehead atoms. The highest BCUT2D eigenvalue weighted by atomic mass is 32.2. The Morgan fingerprint density at radius 3 is 2.50 bits per heavy atom. The van der Waals surface area contributed by atoms with Crippen LogP contribution < -0.4 is 4.31 Å². The lowest BCUT2D eigenvalue weighted by Crippen LogP contribution is -2.38. The van der Waals surface area contributed by atoms with Crippen LogP contribution in [0.25, 0.3) is 0 Å². The van der Waals surface area contributed by atoms with Gasteiger partial charge in [-0.1, -0.05) is 18.2 Å². The molecule has 1 fully saturated rings. The Morgan fingerprint density at radius 2 is 1.83 bits per heavy atom. The Balaban J connectivity index is 1.91. The molecular formula is C17H24N4O2S. The average molecular weight is 348 g/mol. The summed E-state index contributed by atoms with van der Waals surface area (Å²) in [6.45, 7) is 5.71. The SMILES string of the molecule is CCn1nccc1S(=O)(=O)N(CCN1CCCC1)c1ccccc1. The second-order valence-electron chi connectivity index (χ2n) is 5.95. The van der Waals surface area contributed by atoms with E-state index in [9.17, 15) is 8.42 Å². The molecule has 0 radical (unpaired) electrons. The highest BCUT2D eigenvalue weighted by molar-refractivity contribution is 7.92. The Bertz CT molecular complexity index is 752. The number of nitrogens with zero attached hydrogens (tertiary/aromatic N) is 4. The molecule has 3 rings (SSSR count). The van der Waals surface area contributed by atoms with Gasteiger partial charge >= 0.3 is 0 Å². The van der Waals surface area contributed by atoms with Crippen LogP contribution in [0.1, 0.15) is 19.8 Å². The van der Waals surface area contributed by atoms with Crippen molar-refractivity contribution < 1.29 is 8.42 Å². The standard InChI is InChI=1S/C17H24N4O2S/c1-2-20-17(10-11-18-20)24(22,23)21(16-8-4-3-5-9-16)15-14-19-12-6-7-13-19/h3-5,8-11H,2,6-7,12-15H2,1H3. The first-order chi connectivity index (χ1) is 11.6. The van der Waals surface area contributed by atoms with Crippen molar-refractivity contribution >= 4 is 15.7 Å². The van der Waals surface area contributed by atoms with E-state index in [2.05, 4.69) is 10.00 Å². The number of rotatable bonds is 7. The zero-order valence-corrected chi connectivity index (χ0v) is 14.8. The van der Waals surface area contributed by atoms with Crippen LogP contribution in [0.4, 0.5) is 5.69 Å². The number of sulfonamides is 1. The van der Waals surface area contributed by atoms with Gasteiger partial charge in [0.2, 0.25) is 0 Å². The van der Waals surface area contributed by atoms with E-state index in [1.807, 2.05) is 37.3 Å². The predicted molar refractivity (Wildman–Crippen MR) is 94.5 cm³/mol. The van der Waals surface area contributed by atoms with E-state index in [-0.39, 0.29) is 5.03 Å². The number of para-hydroxylation sites is 1. The third-order valence-corrected chi connectivity index (χ3v) is 6.24. The van der Waals surface area contributed by atoms with Gasteiger partial charge in [-0.3, -0.25) is 8.99 Å². The van der Waals surface area contributed by atoms with Gasteiger partial charge < -0.3 is 4.90 Å². The van der Waals surface area contributed by atoms with Crippen LogP contribution in [0.3, 0.4) is 0 Å². The van der Waals surface area contributed by atoms with Crippen LogP contribution in [-0.4, -0.2) is 49.3 Å². The second-order valence-corrected chi connectivity index (χ2v) is 7.76. The molecule has 1 aliphatic rings. The quantitative estimate of drug-likeness (QED) is 0.770. The lowest BCUT2D eigenvalue weighted by Gasteiger charge is -2.27. The summed E-state index contributed by atoms with van der Waals surface area (Å²) in [6, 6.07) is 10.9. The van der Waals surface area contributed by atoms with Gasteiger partial charge in [0.1, 0.15) is 0 Å². The molecule has 1 aromatic carbocycles. The smallest absolute Gasteiger partial charge is 0.281 e. The van der Waals surface area contributed by atoms with E-state index in [0.29, 0.717) is 18.8 Å². The maximum absolute atomic E-state index is 13.2. The first kappa shape index (κ1) is 17.0. The van der Waals surface area contributed by atoms with E-state index in [4.69, 9.17) is 0 Å². The van der Waals surface area contributed by atoms with Gasteiger partial charge in [-0.2, -0.15) is 13.5 Å². The Morgan fingerprint density at radius 1 is 1.12 bits per heavy atom. The van der Waals surface area contributed by atoms with Crippen LogP contribution in [0.5, 0.6) is 0 Å². The minimum Gasteiger partial charge on any atom is -0.302 e. The first-order valence-corrected chi connectivity index (χ1v) is 9.89. The molecule has 1 aromatic heterocycles. The Labute approximate surface area is 143 Å². The van der Waals surface area contributed by atoms with Crippen molar-refractivity contribution in [2.24, 2.45) is 0 Å². The summed E-state index contributed by atoms with van der Waals surface area (Å²) >= 11 is 0. The largest absolute Gasteiger partial charge is 0.302 e. The van der Waals surface area contributed by atoms with E-state index in [0.717, 1.165) is 19.6 Å². The van der Waals surface area contributed by atoms with Crippen molar-refractivity contribution in [1.82, 2.24) is 14.7 Å². The van der Waals surface area contributed by atoms with E-state index in [1.54, 1.807) is 12.3 Å².